The third kappa shape index (κ3) is 2.04. The van der Waals surface area contributed by atoms with Crippen LogP contribution in [0.25, 0.3) is 0 Å². The minimum Gasteiger partial charge on any atom is -0.333 e. The second kappa shape index (κ2) is 4.06. The molecule has 0 radical (unpaired) electrons. The maximum Gasteiger partial charge on any atom is 0.252 e. The van der Waals surface area contributed by atoms with E-state index in [9.17, 15) is 9.59 Å². The minimum absolute atomic E-state index is 0.0990. The Morgan fingerprint density at radius 2 is 2.20 bits per heavy atom. The maximum absolute atomic E-state index is 11.7. The third-order valence-electron chi connectivity index (χ3n) is 2.34. The number of aryl methyl sites for hydroxylation is 1. The summed E-state index contributed by atoms with van der Waals surface area (Å²) in [6.07, 6.45) is 0. The van der Waals surface area contributed by atoms with Crippen molar-refractivity contribution in [3.05, 3.63) is 35.4 Å². The summed E-state index contributed by atoms with van der Waals surface area (Å²) in [5.74, 6) is 0.444. The van der Waals surface area contributed by atoms with Crippen LogP contribution in [0, 0.1) is 6.92 Å². The van der Waals surface area contributed by atoms with E-state index in [4.69, 9.17) is 0 Å². The van der Waals surface area contributed by atoms with Gasteiger partial charge in [0.05, 0.1) is 5.75 Å². The van der Waals surface area contributed by atoms with Gasteiger partial charge in [0.15, 0.2) is 5.78 Å². The summed E-state index contributed by atoms with van der Waals surface area (Å²) in [6.45, 7) is 1.88. The number of amides is 1. The molecule has 78 valence electrons. The van der Waals surface area contributed by atoms with Gasteiger partial charge in [0.1, 0.15) is 5.37 Å². The van der Waals surface area contributed by atoms with Crippen molar-refractivity contribution in [3.8, 4) is 0 Å². The Kier molecular flexibility index (Phi) is 2.77. The molecule has 0 spiro atoms. The fraction of sp³-hybridized carbons (Fsp3) is 0.273. The van der Waals surface area contributed by atoms with Crippen molar-refractivity contribution in [2.24, 2.45) is 0 Å². The average molecular weight is 221 g/mol. The SMILES string of the molecule is Cc1ccccc1C(=O)NC1SCC1=O. The van der Waals surface area contributed by atoms with E-state index in [0.29, 0.717) is 11.3 Å². The molecule has 2 rings (SSSR count). The summed E-state index contributed by atoms with van der Waals surface area (Å²) in [5.41, 5.74) is 1.56. The van der Waals surface area contributed by atoms with Gasteiger partial charge in [-0.15, -0.1) is 11.8 Å². The van der Waals surface area contributed by atoms with Gasteiger partial charge in [-0.3, -0.25) is 9.59 Å². The van der Waals surface area contributed by atoms with E-state index in [1.807, 2.05) is 25.1 Å². The van der Waals surface area contributed by atoms with Crippen molar-refractivity contribution in [3.63, 3.8) is 0 Å². The zero-order chi connectivity index (χ0) is 10.8. The molecule has 1 fully saturated rings. The van der Waals surface area contributed by atoms with Crippen molar-refractivity contribution in [2.75, 3.05) is 5.75 Å². The highest BCUT2D eigenvalue weighted by molar-refractivity contribution is 8.03. The molecule has 1 aliphatic heterocycles. The van der Waals surface area contributed by atoms with E-state index >= 15 is 0 Å². The topological polar surface area (TPSA) is 46.2 Å². The van der Waals surface area contributed by atoms with Crippen molar-refractivity contribution in [2.45, 2.75) is 12.3 Å². The highest BCUT2D eigenvalue weighted by Gasteiger charge is 2.30. The van der Waals surface area contributed by atoms with Crippen LogP contribution >= 0.6 is 11.8 Å². The molecule has 1 aromatic rings. The number of hydrogen-bond donors (Lipinski definition) is 1. The van der Waals surface area contributed by atoms with Crippen LogP contribution in [0.4, 0.5) is 0 Å². The summed E-state index contributed by atoms with van der Waals surface area (Å²) in [7, 11) is 0. The van der Waals surface area contributed by atoms with Crippen LogP contribution < -0.4 is 5.32 Å². The van der Waals surface area contributed by atoms with E-state index in [1.54, 1.807) is 6.07 Å². The van der Waals surface area contributed by atoms with Gasteiger partial charge in [0.2, 0.25) is 0 Å². The lowest BCUT2D eigenvalue weighted by molar-refractivity contribution is -0.117. The molecule has 1 amide bonds. The van der Waals surface area contributed by atoms with Crippen LogP contribution in [-0.2, 0) is 4.79 Å². The normalized spacial score (nSPS) is 19.5. The molecular formula is C11H11NO2S. The number of thioether (sulfide) groups is 1. The lowest BCUT2D eigenvalue weighted by Gasteiger charge is -2.24. The number of carbonyl (C=O) groups excluding carboxylic acids is 2. The molecule has 0 aliphatic carbocycles. The van der Waals surface area contributed by atoms with Crippen LogP contribution in [0.2, 0.25) is 0 Å². The highest BCUT2D eigenvalue weighted by Crippen LogP contribution is 2.22. The zero-order valence-electron chi connectivity index (χ0n) is 8.32. The maximum atomic E-state index is 11.7. The van der Waals surface area contributed by atoms with Crippen LogP contribution in [0.1, 0.15) is 15.9 Å². The van der Waals surface area contributed by atoms with Gasteiger partial charge in [-0.2, -0.15) is 0 Å². The molecule has 1 N–H and O–H groups in total. The summed E-state index contributed by atoms with van der Waals surface area (Å²) >= 11 is 1.46. The first-order valence-electron chi connectivity index (χ1n) is 4.69. The van der Waals surface area contributed by atoms with Crippen LogP contribution in [-0.4, -0.2) is 22.8 Å². The van der Waals surface area contributed by atoms with Gasteiger partial charge in [-0.25, -0.2) is 0 Å². The Morgan fingerprint density at radius 3 is 2.73 bits per heavy atom. The number of hydrogen-bond acceptors (Lipinski definition) is 3. The first-order chi connectivity index (χ1) is 7.18. The number of ketones is 1. The van der Waals surface area contributed by atoms with Crippen molar-refractivity contribution < 1.29 is 9.59 Å². The standard InChI is InChI=1S/C11H11NO2S/c1-7-4-2-3-5-8(7)10(14)12-11-9(13)6-15-11/h2-5,11H,6H2,1H3,(H,12,14). The number of carbonyl (C=O) groups is 2. The van der Waals surface area contributed by atoms with E-state index in [0.717, 1.165) is 5.56 Å². The number of Topliss-reactive ketones (excluding diaryl/α,β-unsaturated/α-hetero) is 1. The van der Waals surface area contributed by atoms with Gasteiger partial charge < -0.3 is 5.32 Å². The molecule has 0 saturated carbocycles. The number of nitrogens with one attached hydrogen (secondary N) is 1. The number of benzene rings is 1. The molecule has 15 heavy (non-hydrogen) atoms. The molecule has 1 unspecified atom stereocenters. The molecule has 1 atom stereocenters. The largest absolute Gasteiger partial charge is 0.333 e. The van der Waals surface area contributed by atoms with Gasteiger partial charge in [0, 0.05) is 5.56 Å². The first-order valence-corrected chi connectivity index (χ1v) is 5.74. The van der Waals surface area contributed by atoms with Crippen molar-refractivity contribution in [1.29, 1.82) is 0 Å². The molecule has 1 heterocycles. The Morgan fingerprint density at radius 1 is 1.47 bits per heavy atom. The van der Waals surface area contributed by atoms with Crippen molar-refractivity contribution in [1.82, 2.24) is 5.32 Å². The van der Waals surface area contributed by atoms with Gasteiger partial charge in [-0.05, 0) is 18.6 Å². The lowest BCUT2D eigenvalue weighted by Crippen LogP contribution is -2.46. The summed E-state index contributed by atoms with van der Waals surface area (Å²) in [4.78, 5) is 22.8. The minimum atomic E-state index is -0.336. The Bertz CT molecular complexity index is 417. The van der Waals surface area contributed by atoms with Gasteiger partial charge in [0.25, 0.3) is 5.91 Å². The fourth-order valence-electron chi connectivity index (χ4n) is 1.38. The van der Waals surface area contributed by atoms with E-state index in [2.05, 4.69) is 5.32 Å². The molecule has 0 aromatic heterocycles. The predicted molar refractivity (Wildman–Crippen MR) is 59.9 cm³/mol. The smallest absolute Gasteiger partial charge is 0.252 e. The Labute approximate surface area is 92.2 Å². The summed E-state index contributed by atoms with van der Waals surface area (Å²) in [5, 5.41) is 2.36. The van der Waals surface area contributed by atoms with Crippen LogP contribution in [0.3, 0.4) is 0 Å². The second-order valence-electron chi connectivity index (χ2n) is 3.45. The molecular weight excluding hydrogens is 210 g/mol. The third-order valence-corrected chi connectivity index (χ3v) is 3.50. The van der Waals surface area contributed by atoms with E-state index < -0.39 is 0 Å². The number of rotatable bonds is 2. The monoisotopic (exact) mass is 221 g/mol. The Hall–Kier alpha value is -1.29. The summed E-state index contributed by atoms with van der Waals surface area (Å²) in [6, 6.07) is 7.34. The van der Waals surface area contributed by atoms with E-state index in [1.165, 1.54) is 11.8 Å². The molecule has 1 aromatic carbocycles. The molecule has 1 aliphatic rings. The molecule has 0 bridgehead atoms. The first kappa shape index (κ1) is 10.2. The molecule has 3 nitrogen and oxygen atoms in total. The Balaban J connectivity index is 2.08. The van der Waals surface area contributed by atoms with Gasteiger partial charge >= 0.3 is 0 Å². The molecule has 4 heteroatoms. The van der Waals surface area contributed by atoms with Gasteiger partial charge in [-0.1, -0.05) is 18.2 Å². The molecule has 1 saturated heterocycles. The summed E-state index contributed by atoms with van der Waals surface area (Å²) < 4.78 is 0. The van der Waals surface area contributed by atoms with Crippen LogP contribution in [0.5, 0.6) is 0 Å². The van der Waals surface area contributed by atoms with Crippen LogP contribution in [0.15, 0.2) is 24.3 Å². The average Bonchev–Trinajstić information content (AvgIpc) is 2.24. The second-order valence-corrected chi connectivity index (χ2v) is 4.54. The lowest BCUT2D eigenvalue weighted by atomic mass is 10.1. The highest BCUT2D eigenvalue weighted by atomic mass is 32.2. The zero-order valence-corrected chi connectivity index (χ0v) is 9.14. The predicted octanol–water partition coefficient (Wildman–Crippen LogP) is 1.37. The fourth-order valence-corrected chi connectivity index (χ4v) is 2.04. The van der Waals surface area contributed by atoms with Crippen molar-refractivity contribution >= 4 is 23.5 Å². The quantitative estimate of drug-likeness (QED) is 0.820. The van der Waals surface area contributed by atoms with E-state index in [-0.39, 0.29) is 17.1 Å².